The van der Waals surface area contributed by atoms with Crippen LogP contribution in [-0.4, -0.2) is 73.4 Å². The van der Waals surface area contributed by atoms with Gasteiger partial charge in [-0.2, -0.15) is 0 Å². The summed E-state index contributed by atoms with van der Waals surface area (Å²) in [6.45, 7) is 4.84. The zero-order valence-electron chi connectivity index (χ0n) is 50.1. The van der Waals surface area contributed by atoms with Gasteiger partial charge in [0.15, 0.2) is 0 Å². The van der Waals surface area contributed by atoms with Crippen LogP contribution < -0.4 is 5.32 Å². The molecule has 0 spiro atoms. The van der Waals surface area contributed by atoms with E-state index in [-0.39, 0.29) is 19.1 Å². The smallest absolute Gasteiger partial charge is 0.387 e. The molecule has 9 heteroatoms. The molecule has 0 radical (unpaired) electrons. The van der Waals surface area contributed by atoms with E-state index in [1.165, 1.54) is 263 Å². The molecule has 0 saturated carbocycles. The van der Waals surface area contributed by atoms with Crippen LogP contribution >= 0.6 is 7.82 Å². The lowest BCUT2D eigenvalue weighted by atomic mass is 10.0. The van der Waals surface area contributed by atoms with Crippen LogP contribution in [0.25, 0.3) is 0 Å². The first kappa shape index (κ1) is 72.7. The molecule has 0 aliphatic rings. The molecule has 3 unspecified atom stereocenters. The second-order valence-electron chi connectivity index (χ2n) is 23.5. The summed E-state index contributed by atoms with van der Waals surface area (Å²) >= 11 is 0. The van der Waals surface area contributed by atoms with Crippen molar-refractivity contribution in [3.63, 3.8) is 0 Å². The van der Waals surface area contributed by atoms with Gasteiger partial charge >= 0.3 is 7.82 Å². The molecule has 8 nitrogen and oxygen atoms in total. The van der Waals surface area contributed by atoms with Crippen LogP contribution in [0.15, 0.2) is 36.5 Å². The summed E-state index contributed by atoms with van der Waals surface area (Å²) in [5, 5.41) is 13.9. The fourth-order valence-electron chi connectivity index (χ4n) is 9.76. The lowest BCUT2D eigenvalue weighted by molar-refractivity contribution is -0.870. The Morgan fingerprint density at radius 3 is 1.08 bits per heavy atom. The summed E-state index contributed by atoms with van der Waals surface area (Å²) in [7, 11) is 1.57. The average Bonchev–Trinajstić information content (AvgIpc) is 3.36. The van der Waals surface area contributed by atoms with E-state index < -0.39 is 20.0 Å². The summed E-state index contributed by atoms with van der Waals surface area (Å²) in [5.74, 6) is -0.182. The van der Waals surface area contributed by atoms with Gasteiger partial charge in [0, 0.05) is 6.42 Å². The number of phosphoric acid groups is 1. The van der Waals surface area contributed by atoms with Crippen molar-refractivity contribution in [1.82, 2.24) is 5.32 Å². The number of aliphatic hydroxyl groups is 1. The van der Waals surface area contributed by atoms with E-state index in [9.17, 15) is 19.4 Å². The first-order valence-electron chi connectivity index (χ1n) is 32.4. The van der Waals surface area contributed by atoms with Crippen LogP contribution in [0, 0.1) is 0 Å². The molecule has 1 amide bonds. The molecule has 0 aromatic carbocycles. The third kappa shape index (κ3) is 58.4. The number of rotatable bonds is 60. The van der Waals surface area contributed by atoms with Crippen LogP contribution in [0.4, 0.5) is 0 Å². The van der Waals surface area contributed by atoms with E-state index >= 15 is 0 Å². The van der Waals surface area contributed by atoms with E-state index in [0.29, 0.717) is 17.4 Å². The van der Waals surface area contributed by atoms with Gasteiger partial charge in [0.2, 0.25) is 5.91 Å². The van der Waals surface area contributed by atoms with Crippen LogP contribution in [0.1, 0.15) is 322 Å². The number of carbonyl (C=O) groups excluding carboxylic acids is 1. The number of quaternary nitrogens is 1. The Labute approximate surface area is 461 Å². The van der Waals surface area contributed by atoms with Gasteiger partial charge in [-0.3, -0.25) is 13.8 Å². The molecule has 0 aliphatic carbocycles. The topological polar surface area (TPSA) is 105 Å². The zero-order chi connectivity index (χ0) is 54.2. The summed E-state index contributed by atoms with van der Waals surface area (Å²) in [6.07, 6.45) is 74.3. The number of aliphatic hydroxyl groups excluding tert-OH is 1. The minimum Gasteiger partial charge on any atom is -0.387 e. The molecule has 0 heterocycles. The van der Waals surface area contributed by atoms with Crippen molar-refractivity contribution in [2.24, 2.45) is 0 Å². The molecule has 0 bridgehead atoms. The number of amides is 1. The Hall–Kier alpha value is -1.28. The predicted octanol–water partition coefficient (Wildman–Crippen LogP) is 20.1. The van der Waals surface area contributed by atoms with Gasteiger partial charge in [-0.05, 0) is 57.8 Å². The first-order chi connectivity index (χ1) is 36.0. The second kappa shape index (κ2) is 56.4. The predicted molar refractivity (Wildman–Crippen MR) is 323 cm³/mol. The van der Waals surface area contributed by atoms with Crippen molar-refractivity contribution < 1.29 is 32.9 Å². The number of allylic oxidation sites excluding steroid dienone is 5. The summed E-state index contributed by atoms with van der Waals surface area (Å²) in [5.41, 5.74) is 0. The molecule has 3 N–H and O–H groups in total. The van der Waals surface area contributed by atoms with Crippen LogP contribution in [0.5, 0.6) is 0 Å². The summed E-state index contributed by atoms with van der Waals surface area (Å²) < 4.78 is 23.7. The maximum absolute atomic E-state index is 13.0. The number of carbonyl (C=O) groups is 1. The number of nitrogens with one attached hydrogen (secondary N) is 1. The Bertz CT molecular complexity index is 1300. The highest BCUT2D eigenvalue weighted by atomic mass is 31.2. The fraction of sp³-hybridized carbons (Fsp3) is 0.892. The van der Waals surface area contributed by atoms with Gasteiger partial charge < -0.3 is 19.8 Å². The highest BCUT2D eigenvalue weighted by Crippen LogP contribution is 2.43. The van der Waals surface area contributed by atoms with E-state index in [4.69, 9.17) is 9.05 Å². The van der Waals surface area contributed by atoms with Gasteiger partial charge in [-0.25, -0.2) is 4.57 Å². The van der Waals surface area contributed by atoms with Gasteiger partial charge in [-0.15, -0.1) is 0 Å². The molecular formula is C65H128N2O6P+. The van der Waals surface area contributed by atoms with Gasteiger partial charge in [0.25, 0.3) is 0 Å². The molecule has 0 aliphatic heterocycles. The van der Waals surface area contributed by atoms with Gasteiger partial charge in [0.05, 0.1) is 39.9 Å². The third-order valence-corrected chi connectivity index (χ3v) is 15.8. The highest BCUT2D eigenvalue weighted by Gasteiger charge is 2.27. The largest absolute Gasteiger partial charge is 0.472 e. The maximum atomic E-state index is 13.0. The summed E-state index contributed by atoms with van der Waals surface area (Å²) in [6, 6.07) is -0.862. The number of hydrogen-bond donors (Lipinski definition) is 3. The normalized spacial score (nSPS) is 14.0. The number of nitrogens with zero attached hydrogens (tertiary/aromatic N) is 1. The summed E-state index contributed by atoms with van der Waals surface area (Å²) in [4.78, 5) is 23.3. The third-order valence-electron chi connectivity index (χ3n) is 14.8. The average molecular weight is 1060 g/mol. The number of hydrogen-bond acceptors (Lipinski definition) is 5. The zero-order valence-corrected chi connectivity index (χ0v) is 51.0. The van der Waals surface area contributed by atoms with E-state index in [1.54, 1.807) is 6.08 Å². The van der Waals surface area contributed by atoms with Crippen molar-refractivity contribution in [2.45, 2.75) is 334 Å². The Morgan fingerprint density at radius 2 is 0.743 bits per heavy atom. The molecule has 0 saturated heterocycles. The highest BCUT2D eigenvalue weighted by molar-refractivity contribution is 7.47. The molecule has 0 aromatic rings. The molecule has 3 atom stereocenters. The molecule has 438 valence electrons. The standard InChI is InChI=1S/C65H127N2O6P/c1-6-8-10-12-14-16-18-20-22-24-25-26-27-28-29-30-31-32-33-34-35-36-37-38-39-40-41-43-45-47-49-51-53-55-57-59-65(69)66-63(62-73-74(70,71)72-61-60-67(3,4)5)64(68)58-56-54-52-50-48-46-44-42-23-21-19-17-15-13-11-9-7-2/h30-31,48,50,56,58,63-64,68H,6-29,32-47,49,51-55,57,59-62H2,1-5H3,(H-,66,69,70,71)/p+1/b31-30-,50-48+,58-56+. The maximum Gasteiger partial charge on any atom is 0.472 e. The van der Waals surface area contributed by atoms with Crippen LogP contribution in [0.2, 0.25) is 0 Å². The molecule has 0 aromatic heterocycles. The molecule has 0 rings (SSSR count). The van der Waals surface area contributed by atoms with Crippen molar-refractivity contribution in [3.05, 3.63) is 36.5 Å². The second-order valence-corrected chi connectivity index (χ2v) is 24.9. The van der Waals surface area contributed by atoms with Gasteiger partial charge in [-0.1, -0.05) is 294 Å². The Kier molecular flexibility index (Phi) is 55.5. The van der Waals surface area contributed by atoms with Gasteiger partial charge in [0.1, 0.15) is 13.2 Å². The van der Waals surface area contributed by atoms with E-state index in [2.05, 4.69) is 43.5 Å². The van der Waals surface area contributed by atoms with Crippen LogP contribution in [-0.2, 0) is 18.4 Å². The fourth-order valence-corrected chi connectivity index (χ4v) is 10.5. The SMILES string of the molecule is CCCCCCCCCCCCC/C=C/CC/C=C/C(O)C(COP(=O)(O)OCC[N+](C)(C)C)NC(=O)CCCCCCCCCCCCCCCCCCC/C=C\CCCCCCCCCCCCCCCC. The molecular weight excluding hydrogens is 936 g/mol. The lowest BCUT2D eigenvalue weighted by Gasteiger charge is -2.25. The van der Waals surface area contributed by atoms with Crippen LogP contribution in [0.3, 0.4) is 0 Å². The quantitative estimate of drug-likeness (QED) is 0.0243. The van der Waals surface area contributed by atoms with Crippen molar-refractivity contribution in [2.75, 3.05) is 40.9 Å². The minimum absolute atomic E-state index is 0.0576. The molecule has 0 fully saturated rings. The number of phosphoric ester groups is 1. The van der Waals surface area contributed by atoms with E-state index in [0.717, 1.165) is 38.5 Å². The molecule has 74 heavy (non-hydrogen) atoms. The Morgan fingerprint density at radius 1 is 0.446 bits per heavy atom. The first-order valence-corrected chi connectivity index (χ1v) is 33.9. The van der Waals surface area contributed by atoms with E-state index in [1.807, 2.05) is 27.2 Å². The monoisotopic (exact) mass is 1060 g/mol. The van der Waals surface area contributed by atoms with Crippen molar-refractivity contribution in [1.29, 1.82) is 0 Å². The Balaban J connectivity index is 4.00. The number of unbranched alkanes of at least 4 members (excludes halogenated alkanes) is 43. The van der Waals surface area contributed by atoms with Crippen molar-refractivity contribution in [3.8, 4) is 0 Å². The minimum atomic E-state index is -4.35. The number of likely N-dealkylation sites (N-methyl/N-ethyl adjacent to an activating group) is 1. The lowest BCUT2D eigenvalue weighted by Crippen LogP contribution is -2.45. The van der Waals surface area contributed by atoms with Crippen molar-refractivity contribution >= 4 is 13.7 Å².